The van der Waals surface area contributed by atoms with Gasteiger partial charge in [0.1, 0.15) is 0 Å². The van der Waals surface area contributed by atoms with Crippen LogP contribution in [0.25, 0.3) is 0 Å². The molecule has 0 heterocycles. The van der Waals surface area contributed by atoms with Gasteiger partial charge in [0.15, 0.2) is 0 Å². The van der Waals surface area contributed by atoms with E-state index >= 15 is 0 Å². The van der Waals surface area contributed by atoms with Crippen molar-refractivity contribution in [1.29, 1.82) is 0 Å². The summed E-state index contributed by atoms with van der Waals surface area (Å²) in [5.41, 5.74) is 0. The molecule has 0 atom stereocenters. The van der Waals surface area contributed by atoms with Crippen LogP contribution in [0.1, 0.15) is 51.4 Å². The molecule has 0 nitrogen and oxygen atoms in total. The highest BCUT2D eigenvalue weighted by molar-refractivity contribution is 4.77. The van der Waals surface area contributed by atoms with Crippen LogP contribution >= 0.6 is 0 Å². The summed E-state index contributed by atoms with van der Waals surface area (Å²) in [6.45, 7) is 0. The second kappa shape index (κ2) is 5.32. The summed E-state index contributed by atoms with van der Waals surface area (Å²) in [4.78, 5) is 0. The maximum Gasteiger partial charge on any atom is 0.389 e. The molecule has 16 heavy (non-hydrogen) atoms. The number of alkyl halides is 5. The number of rotatable bonds is 4. The van der Waals surface area contributed by atoms with Crippen molar-refractivity contribution in [3.8, 4) is 0 Å². The first-order valence-corrected chi connectivity index (χ1v) is 5.73. The van der Waals surface area contributed by atoms with Crippen molar-refractivity contribution in [3.05, 3.63) is 0 Å². The molecule has 0 radical (unpaired) electrons. The van der Waals surface area contributed by atoms with E-state index in [0.29, 0.717) is 25.7 Å². The highest BCUT2D eigenvalue weighted by atomic mass is 19.4. The third kappa shape index (κ3) is 5.66. The molecule has 0 aromatic rings. The standard InChI is InChI=1S/C11H17F5/c12-10(13)7-4-9(5-8-10)3-1-2-6-11(14,15)16/h9H,1-8H2. The molecule has 96 valence electrons. The number of unbranched alkanes of at least 4 members (excludes halogenated alkanes) is 1. The Morgan fingerprint density at radius 1 is 1.00 bits per heavy atom. The van der Waals surface area contributed by atoms with Crippen LogP contribution in [0.4, 0.5) is 22.0 Å². The molecule has 0 bridgehead atoms. The molecule has 5 heteroatoms. The Bertz CT molecular complexity index is 199. The van der Waals surface area contributed by atoms with Crippen molar-refractivity contribution in [2.75, 3.05) is 0 Å². The minimum Gasteiger partial charge on any atom is -0.207 e. The molecule has 1 rings (SSSR count). The smallest absolute Gasteiger partial charge is 0.207 e. The third-order valence-corrected chi connectivity index (χ3v) is 3.16. The molecular formula is C11H17F5. The second-order valence-corrected chi connectivity index (χ2v) is 4.66. The minimum absolute atomic E-state index is 0.100. The summed E-state index contributed by atoms with van der Waals surface area (Å²) in [5, 5.41) is 0. The average Bonchev–Trinajstić information content (AvgIpc) is 2.13. The van der Waals surface area contributed by atoms with E-state index in [1.165, 1.54) is 0 Å². The first-order valence-electron chi connectivity index (χ1n) is 5.73. The number of hydrogen-bond acceptors (Lipinski definition) is 0. The van der Waals surface area contributed by atoms with Crippen molar-refractivity contribution in [1.82, 2.24) is 0 Å². The quantitative estimate of drug-likeness (QED) is 0.485. The largest absolute Gasteiger partial charge is 0.389 e. The lowest BCUT2D eigenvalue weighted by molar-refractivity contribution is -0.135. The third-order valence-electron chi connectivity index (χ3n) is 3.16. The van der Waals surface area contributed by atoms with E-state index in [4.69, 9.17) is 0 Å². The minimum atomic E-state index is -4.08. The van der Waals surface area contributed by atoms with E-state index in [1.807, 2.05) is 0 Å². The molecule has 1 fully saturated rings. The summed E-state index contributed by atoms with van der Waals surface area (Å²) < 4.78 is 61.0. The van der Waals surface area contributed by atoms with Gasteiger partial charge in [-0.2, -0.15) is 13.2 Å². The Morgan fingerprint density at radius 2 is 1.56 bits per heavy atom. The maximum atomic E-state index is 12.8. The van der Waals surface area contributed by atoms with Gasteiger partial charge in [-0.3, -0.25) is 0 Å². The van der Waals surface area contributed by atoms with Crippen LogP contribution in [0.5, 0.6) is 0 Å². The van der Waals surface area contributed by atoms with Crippen LogP contribution in [-0.2, 0) is 0 Å². The normalized spacial score (nSPS) is 22.3. The molecule has 0 aromatic carbocycles. The van der Waals surface area contributed by atoms with E-state index < -0.39 is 18.5 Å². The van der Waals surface area contributed by atoms with Crippen LogP contribution in [0.3, 0.4) is 0 Å². The second-order valence-electron chi connectivity index (χ2n) is 4.66. The number of hydrogen-bond donors (Lipinski definition) is 0. The Labute approximate surface area is 92.2 Å². The fourth-order valence-corrected chi connectivity index (χ4v) is 2.15. The first-order chi connectivity index (χ1) is 7.29. The van der Waals surface area contributed by atoms with Crippen molar-refractivity contribution in [3.63, 3.8) is 0 Å². The Kier molecular flexibility index (Phi) is 4.56. The summed E-state index contributed by atoms with van der Waals surface area (Å²) in [5.74, 6) is -2.34. The lowest BCUT2D eigenvalue weighted by Crippen LogP contribution is -2.24. The zero-order valence-electron chi connectivity index (χ0n) is 9.12. The van der Waals surface area contributed by atoms with E-state index in [0.717, 1.165) is 0 Å². The van der Waals surface area contributed by atoms with Gasteiger partial charge in [0.2, 0.25) is 5.92 Å². The number of halogens is 5. The summed E-state index contributed by atoms with van der Waals surface area (Å²) in [7, 11) is 0. The first kappa shape index (κ1) is 13.7. The van der Waals surface area contributed by atoms with Crippen molar-refractivity contribution >= 4 is 0 Å². The van der Waals surface area contributed by atoms with E-state index in [-0.39, 0.29) is 25.2 Å². The highest BCUT2D eigenvalue weighted by Crippen LogP contribution is 2.38. The molecule has 0 aliphatic heterocycles. The van der Waals surface area contributed by atoms with Gasteiger partial charge in [0, 0.05) is 19.3 Å². The molecule has 1 aliphatic rings. The Morgan fingerprint density at radius 3 is 2.06 bits per heavy atom. The van der Waals surface area contributed by atoms with Gasteiger partial charge >= 0.3 is 6.18 Å². The van der Waals surface area contributed by atoms with Crippen LogP contribution in [0.15, 0.2) is 0 Å². The molecule has 0 aromatic heterocycles. The van der Waals surface area contributed by atoms with Gasteiger partial charge in [-0.15, -0.1) is 0 Å². The lowest BCUT2D eigenvalue weighted by Gasteiger charge is -2.28. The Balaban J connectivity index is 2.07. The zero-order chi connectivity index (χ0) is 12.2. The predicted octanol–water partition coefficient (Wildman–Crippen LogP) is 4.93. The molecule has 1 saturated carbocycles. The van der Waals surface area contributed by atoms with Crippen molar-refractivity contribution < 1.29 is 22.0 Å². The van der Waals surface area contributed by atoms with Crippen LogP contribution in [0.2, 0.25) is 0 Å². The molecule has 0 unspecified atom stereocenters. The Hall–Kier alpha value is -0.350. The zero-order valence-corrected chi connectivity index (χ0v) is 9.12. The van der Waals surface area contributed by atoms with Gasteiger partial charge in [0.25, 0.3) is 0 Å². The van der Waals surface area contributed by atoms with Crippen molar-refractivity contribution in [2.45, 2.75) is 63.5 Å². The van der Waals surface area contributed by atoms with Gasteiger partial charge in [-0.1, -0.05) is 12.8 Å². The molecule has 1 aliphatic carbocycles. The van der Waals surface area contributed by atoms with Gasteiger partial charge < -0.3 is 0 Å². The molecular weight excluding hydrogens is 227 g/mol. The monoisotopic (exact) mass is 244 g/mol. The predicted molar refractivity (Wildman–Crippen MR) is 51.4 cm³/mol. The lowest BCUT2D eigenvalue weighted by atomic mass is 9.83. The average molecular weight is 244 g/mol. The van der Waals surface area contributed by atoms with Crippen molar-refractivity contribution in [2.24, 2.45) is 5.92 Å². The van der Waals surface area contributed by atoms with Gasteiger partial charge in [-0.25, -0.2) is 8.78 Å². The molecule has 0 saturated heterocycles. The van der Waals surface area contributed by atoms with E-state index in [2.05, 4.69) is 0 Å². The van der Waals surface area contributed by atoms with Crippen LogP contribution in [0, 0.1) is 5.92 Å². The van der Waals surface area contributed by atoms with Crippen LogP contribution < -0.4 is 0 Å². The molecule has 0 amide bonds. The summed E-state index contributed by atoms with van der Waals surface area (Å²) in [6.07, 6.45) is -2.85. The fourth-order valence-electron chi connectivity index (χ4n) is 2.15. The highest BCUT2D eigenvalue weighted by Gasteiger charge is 2.34. The maximum absolute atomic E-state index is 12.8. The van der Waals surface area contributed by atoms with Gasteiger partial charge in [-0.05, 0) is 25.2 Å². The fraction of sp³-hybridized carbons (Fsp3) is 1.00. The van der Waals surface area contributed by atoms with Gasteiger partial charge in [0.05, 0.1) is 0 Å². The summed E-state index contributed by atoms with van der Waals surface area (Å²) in [6, 6.07) is 0. The summed E-state index contributed by atoms with van der Waals surface area (Å²) >= 11 is 0. The SMILES string of the molecule is FC(F)(F)CCCCC1CCC(F)(F)CC1. The van der Waals surface area contributed by atoms with E-state index in [1.54, 1.807) is 0 Å². The molecule has 0 spiro atoms. The van der Waals surface area contributed by atoms with Crippen LogP contribution in [-0.4, -0.2) is 12.1 Å². The molecule has 0 N–H and O–H groups in total. The van der Waals surface area contributed by atoms with E-state index in [9.17, 15) is 22.0 Å². The topological polar surface area (TPSA) is 0 Å².